The van der Waals surface area contributed by atoms with Crippen LogP contribution in [0.2, 0.25) is 0 Å². The first-order valence-corrected chi connectivity index (χ1v) is 12.2. The van der Waals surface area contributed by atoms with E-state index < -0.39 is 0 Å². The number of carbonyl (C=O) groups excluding carboxylic acids is 2. The molecule has 0 aromatic heterocycles. The lowest BCUT2D eigenvalue weighted by Gasteiger charge is -2.24. The molecule has 1 atom stereocenters. The van der Waals surface area contributed by atoms with Crippen molar-refractivity contribution in [3.05, 3.63) is 0 Å². The highest BCUT2D eigenvalue weighted by atomic mass is 16.5. The van der Waals surface area contributed by atoms with Crippen LogP contribution in [0, 0.1) is 5.92 Å². The summed E-state index contributed by atoms with van der Waals surface area (Å²) in [5, 5.41) is 0. The molecule has 4 heteroatoms. The zero-order valence-corrected chi connectivity index (χ0v) is 18.3. The lowest BCUT2D eigenvalue weighted by atomic mass is 10.0. The smallest absolute Gasteiger partial charge is 0.328 e. The second-order valence-electron chi connectivity index (χ2n) is 8.93. The Balaban J connectivity index is 1.53. The van der Waals surface area contributed by atoms with Gasteiger partial charge in [-0.25, -0.2) is 4.79 Å². The van der Waals surface area contributed by atoms with Gasteiger partial charge in [0, 0.05) is 13.0 Å². The minimum Gasteiger partial charge on any atom is -0.464 e. The molecule has 2 aliphatic rings. The Labute approximate surface area is 172 Å². The number of esters is 1. The molecule has 0 N–H and O–H groups in total. The van der Waals surface area contributed by atoms with Crippen LogP contribution in [0.25, 0.3) is 0 Å². The molecule has 4 nitrogen and oxygen atoms in total. The molecular weight excluding hydrogens is 350 g/mol. The van der Waals surface area contributed by atoms with Gasteiger partial charge < -0.3 is 9.64 Å². The van der Waals surface area contributed by atoms with Crippen LogP contribution < -0.4 is 0 Å². The lowest BCUT2D eigenvalue weighted by Crippen LogP contribution is -2.41. The molecule has 1 heterocycles. The van der Waals surface area contributed by atoms with Gasteiger partial charge in [-0.3, -0.25) is 4.79 Å². The maximum absolute atomic E-state index is 12.6. The van der Waals surface area contributed by atoms with Crippen molar-refractivity contribution in [2.24, 2.45) is 5.92 Å². The van der Waals surface area contributed by atoms with Gasteiger partial charge in [0.15, 0.2) is 0 Å². The maximum Gasteiger partial charge on any atom is 0.328 e. The molecule has 1 aliphatic heterocycles. The molecule has 1 aliphatic carbocycles. The largest absolute Gasteiger partial charge is 0.464 e. The van der Waals surface area contributed by atoms with E-state index in [4.69, 9.17) is 4.74 Å². The standard InChI is InChI=1S/C24H43NO3/c1-2-3-4-5-6-7-8-9-12-20-28-24(27)22-16-13-19-25(22)23(26)18-17-21-14-10-11-15-21/h21-22H,2-20H2,1H3. The Kier molecular flexibility index (Phi) is 11.6. The van der Waals surface area contributed by atoms with E-state index >= 15 is 0 Å². The van der Waals surface area contributed by atoms with E-state index in [0.29, 0.717) is 13.0 Å². The third-order valence-corrected chi connectivity index (χ3v) is 6.58. The molecule has 28 heavy (non-hydrogen) atoms. The zero-order chi connectivity index (χ0) is 20.0. The van der Waals surface area contributed by atoms with E-state index in [-0.39, 0.29) is 17.9 Å². The van der Waals surface area contributed by atoms with E-state index in [1.807, 2.05) is 0 Å². The molecule has 2 rings (SSSR count). The van der Waals surface area contributed by atoms with Crippen LogP contribution >= 0.6 is 0 Å². The Morgan fingerprint density at radius 3 is 2.18 bits per heavy atom. The Morgan fingerprint density at radius 1 is 0.857 bits per heavy atom. The van der Waals surface area contributed by atoms with E-state index in [2.05, 4.69) is 6.92 Å². The summed E-state index contributed by atoms with van der Waals surface area (Å²) < 4.78 is 5.51. The summed E-state index contributed by atoms with van der Waals surface area (Å²) in [6.45, 7) is 3.48. The summed E-state index contributed by atoms with van der Waals surface area (Å²) in [6.07, 6.45) is 19.8. The van der Waals surface area contributed by atoms with Gasteiger partial charge in [0.1, 0.15) is 6.04 Å². The van der Waals surface area contributed by atoms with Gasteiger partial charge >= 0.3 is 5.97 Å². The Hall–Kier alpha value is -1.06. The Morgan fingerprint density at radius 2 is 1.50 bits per heavy atom. The summed E-state index contributed by atoms with van der Waals surface area (Å²) in [5.41, 5.74) is 0. The SMILES string of the molecule is CCCCCCCCCCCOC(=O)C1CCCN1C(=O)CCC1CCCC1. The summed E-state index contributed by atoms with van der Waals surface area (Å²) in [4.78, 5) is 26.8. The number of nitrogens with zero attached hydrogens (tertiary/aromatic N) is 1. The minimum atomic E-state index is -0.324. The molecule has 0 aromatic rings. The van der Waals surface area contributed by atoms with Crippen molar-refractivity contribution in [3.63, 3.8) is 0 Å². The summed E-state index contributed by atoms with van der Waals surface area (Å²) in [7, 11) is 0. The number of hydrogen-bond acceptors (Lipinski definition) is 3. The fourth-order valence-electron chi connectivity index (χ4n) is 4.76. The first-order valence-electron chi connectivity index (χ1n) is 12.2. The van der Waals surface area contributed by atoms with Crippen molar-refractivity contribution >= 4 is 11.9 Å². The third kappa shape index (κ3) is 8.53. The number of amides is 1. The molecular formula is C24H43NO3. The molecule has 1 amide bonds. The first-order chi connectivity index (χ1) is 13.7. The van der Waals surface area contributed by atoms with Gasteiger partial charge in [-0.15, -0.1) is 0 Å². The number of unbranched alkanes of at least 4 members (excludes halogenated alkanes) is 8. The molecule has 1 unspecified atom stereocenters. The van der Waals surface area contributed by atoms with E-state index in [9.17, 15) is 9.59 Å². The van der Waals surface area contributed by atoms with Crippen molar-refractivity contribution < 1.29 is 14.3 Å². The molecule has 0 radical (unpaired) electrons. The fraction of sp³-hybridized carbons (Fsp3) is 0.917. The van der Waals surface area contributed by atoms with Gasteiger partial charge in [0.25, 0.3) is 0 Å². The monoisotopic (exact) mass is 393 g/mol. The third-order valence-electron chi connectivity index (χ3n) is 6.58. The highest BCUT2D eigenvalue weighted by Gasteiger charge is 2.35. The van der Waals surface area contributed by atoms with Gasteiger partial charge in [-0.2, -0.15) is 0 Å². The topological polar surface area (TPSA) is 46.6 Å². The van der Waals surface area contributed by atoms with Gasteiger partial charge in [-0.1, -0.05) is 84.0 Å². The van der Waals surface area contributed by atoms with Crippen molar-refractivity contribution in [1.82, 2.24) is 4.90 Å². The Bertz CT molecular complexity index is 445. The second-order valence-corrected chi connectivity index (χ2v) is 8.93. The van der Waals surface area contributed by atoms with E-state index in [1.54, 1.807) is 4.90 Å². The van der Waals surface area contributed by atoms with Crippen LogP contribution in [0.1, 0.15) is 116 Å². The normalized spacial score (nSPS) is 20.0. The second kappa shape index (κ2) is 14.0. The average Bonchev–Trinajstić information content (AvgIpc) is 3.39. The fourth-order valence-corrected chi connectivity index (χ4v) is 4.76. The van der Waals surface area contributed by atoms with Crippen LogP contribution in [-0.4, -0.2) is 36.0 Å². The molecule has 0 spiro atoms. The van der Waals surface area contributed by atoms with Crippen molar-refractivity contribution in [1.29, 1.82) is 0 Å². The molecule has 0 bridgehead atoms. The quantitative estimate of drug-likeness (QED) is 0.268. The first kappa shape index (κ1) is 23.2. The van der Waals surface area contributed by atoms with Crippen molar-refractivity contribution in [2.75, 3.05) is 13.2 Å². The van der Waals surface area contributed by atoms with Gasteiger partial charge in [0.2, 0.25) is 5.91 Å². The van der Waals surface area contributed by atoms with E-state index in [0.717, 1.165) is 44.6 Å². The predicted molar refractivity (Wildman–Crippen MR) is 114 cm³/mol. The van der Waals surface area contributed by atoms with Crippen molar-refractivity contribution in [3.8, 4) is 0 Å². The highest BCUT2D eigenvalue weighted by Crippen LogP contribution is 2.29. The summed E-state index contributed by atoms with van der Waals surface area (Å²) in [5.74, 6) is 0.712. The molecule has 0 aromatic carbocycles. The lowest BCUT2D eigenvalue weighted by molar-refractivity contribution is -0.153. The number of rotatable bonds is 14. The van der Waals surface area contributed by atoms with Crippen LogP contribution in [0.3, 0.4) is 0 Å². The van der Waals surface area contributed by atoms with E-state index in [1.165, 1.54) is 70.6 Å². The van der Waals surface area contributed by atoms with Crippen LogP contribution in [0.4, 0.5) is 0 Å². The van der Waals surface area contributed by atoms with Gasteiger partial charge in [0.05, 0.1) is 6.61 Å². The number of ether oxygens (including phenoxy) is 1. The van der Waals surface area contributed by atoms with Crippen LogP contribution in [-0.2, 0) is 14.3 Å². The minimum absolute atomic E-state index is 0.162. The van der Waals surface area contributed by atoms with Crippen LogP contribution in [0.5, 0.6) is 0 Å². The molecule has 1 saturated carbocycles. The maximum atomic E-state index is 12.6. The number of likely N-dealkylation sites (tertiary alicyclic amines) is 1. The molecule has 2 fully saturated rings. The molecule has 162 valence electrons. The van der Waals surface area contributed by atoms with Crippen molar-refractivity contribution in [2.45, 2.75) is 122 Å². The molecule has 1 saturated heterocycles. The summed E-state index contributed by atoms with van der Waals surface area (Å²) >= 11 is 0. The van der Waals surface area contributed by atoms with Crippen LogP contribution in [0.15, 0.2) is 0 Å². The number of carbonyl (C=O) groups is 2. The zero-order valence-electron chi connectivity index (χ0n) is 18.3. The highest BCUT2D eigenvalue weighted by molar-refractivity contribution is 5.85. The summed E-state index contributed by atoms with van der Waals surface area (Å²) in [6, 6.07) is -0.324. The van der Waals surface area contributed by atoms with Gasteiger partial charge in [-0.05, 0) is 31.6 Å². The average molecular weight is 394 g/mol. The number of hydrogen-bond donors (Lipinski definition) is 0. The predicted octanol–water partition coefficient (Wildman–Crippen LogP) is 6.02.